The van der Waals surface area contributed by atoms with E-state index in [0.29, 0.717) is 18.6 Å². The van der Waals surface area contributed by atoms with Crippen molar-refractivity contribution in [2.45, 2.75) is 42.2 Å². The Labute approximate surface area is 344 Å². The van der Waals surface area contributed by atoms with Crippen LogP contribution in [0, 0.1) is 5.53 Å². The third kappa shape index (κ3) is 23.8. The van der Waals surface area contributed by atoms with Gasteiger partial charge in [-0.1, -0.05) is 12.6 Å². The van der Waals surface area contributed by atoms with E-state index in [2.05, 4.69) is 101 Å². The molecule has 3 rings (SSSR count). The van der Waals surface area contributed by atoms with Crippen molar-refractivity contribution in [1.82, 2.24) is 15.0 Å². The molecule has 0 saturated carbocycles. The summed E-state index contributed by atoms with van der Waals surface area (Å²) in [7, 11) is 1.22. The van der Waals surface area contributed by atoms with Crippen LogP contribution in [0.1, 0.15) is 30.5 Å². The van der Waals surface area contributed by atoms with Crippen LogP contribution >= 0.6 is 27.7 Å². The fraction of sp³-hybridized carbons (Fsp3) is 0.304. The van der Waals surface area contributed by atoms with Gasteiger partial charge < -0.3 is 40.4 Å². The molecule has 3 heterocycles. The van der Waals surface area contributed by atoms with Crippen LogP contribution in [0.2, 0.25) is 0 Å². The minimum absolute atomic E-state index is 0. The fourth-order valence-corrected chi connectivity index (χ4v) is 4.45. The first-order valence-electron chi connectivity index (χ1n) is 12.7. The molecule has 55 heavy (non-hydrogen) atoms. The predicted molar refractivity (Wildman–Crippen MR) is 177 cm³/mol. The second-order valence-electron chi connectivity index (χ2n) is 8.31. The Morgan fingerprint density at radius 2 is 1.20 bits per heavy atom. The Morgan fingerprint density at radius 3 is 1.62 bits per heavy atom. The Hall–Kier alpha value is -4.46. The van der Waals surface area contributed by atoms with Crippen LogP contribution in [0.15, 0.2) is 98.1 Å². The largest absolute Gasteiger partial charge is 1.00 e. The van der Waals surface area contributed by atoms with Crippen molar-refractivity contribution in [3.8, 4) is 0 Å². The molecule has 3 aromatic heterocycles. The van der Waals surface area contributed by atoms with Crippen LogP contribution in [0.5, 0.6) is 0 Å². The van der Waals surface area contributed by atoms with Crippen molar-refractivity contribution in [2.24, 2.45) is 52.9 Å². The third-order valence-corrected chi connectivity index (χ3v) is 6.74. The summed E-state index contributed by atoms with van der Waals surface area (Å²) in [6.45, 7) is 0. The molecular formula is C23H26BrF9N17NaO2S2. The van der Waals surface area contributed by atoms with Crippen molar-refractivity contribution in [3.63, 3.8) is 0 Å². The molecule has 0 atom stereocenters. The number of nitrogens with two attached hydrogens (primary N) is 4. The van der Waals surface area contributed by atoms with Gasteiger partial charge in [0.05, 0.1) is 30.2 Å². The Morgan fingerprint density at radius 1 is 0.782 bits per heavy atom. The van der Waals surface area contributed by atoms with Gasteiger partial charge in [0.2, 0.25) is 0 Å². The summed E-state index contributed by atoms with van der Waals surface area (Å²) in [6.07, 6.45) is -11.3. The van der Waals surface area contributed by atoms with Crippen molar-refractivity contribution in [2.75, 3.05) is 30.1 Å². The smallest absolute Gasteiger partial charge is 0.779 e. The van der Waals surface area contributed by atoms with Gasteiger partial charge in [0.15, 0.2) is 0 Å². The summed E-state index contributed by atoms with van der Waals surface area (Å²) in [4.78, 5) is 20.5. The number of aromatic nitrogens is 3. The third-order valence-electron chi connectivity index (χ3n) is 4.69. The van der Waals surface area contributed by atoms with Crippen LogP contribution in [-0.4, -0.2) is 33.8 Å². The number of rotatable bonds is 8. The van der Waals surface area contributed by atoms with Crippen LogP contribution in [0.4, 0.5) is 57.0 Å². The van der Waals surface area contributed by atoms with E-state index in [1.54, 1.807) is 0 Å². The average molecular weight is 911 g/mol. The second kappa shape index (κ2) is 27.2. The number of carbonyl (C=O) groups excluding carboxylic acids is 1. The predicted octanol–water partition coefficient (Wildman–Crippen LogP) is 5.37. The molecule has 0 radical (unpaired) electrons. The Bertz CT molecular complexity index is 1690. The van der Waals surface area contributed by atoms with E-state index in [0.717, 1.165) is 30.0 Å². The van der Waals surface area contributed by atoms with E-state index in [-0.39, 0.29) is 80.9 Å². The van der Waals surface area contributed by atoms with Gasteiger partial charge in [-0.2, -0.15) is 49.9 Å². The number of alkyl halides is 9. The molecule has 0 fully saturated rings. The molecule has 0 bridgehead atoms. The molecule has 0 saturated heterocycles. The number of pyridine rings is 3. The molecule has 0 amide bonds. The van der Waals surface area contributed by atoms with Gasteiger partial charge in [0, 0.05) is 33.7 Å². The number of carbonyl (C=O) groups is 1. The summed E-state index contributed by atoms with van der Waals surface area (Å²) < 4.78 is 115. The van der Waals surface area contributed by atoms with E-state index >= 15 is 0 Å². The quantitative estimate of drug-likeness (QED) is 0.0280. The van der Waals surface area contributed by atoms with Crippen LogP contribution in [-0.2, 0) is 40.7 Å². The minimum Gasteiger partial charge on any atom is -0.779 e. The Kier molecular flexibility index (Phi) is 27.1. The van der Waals surface area contributed by atoms with E-state index in [1.165, 1.54) is 7.11 Å². The summed E-state index contributed by atoms with van der Waals surface area (Å²) in [5.41, 5.74) is 19.1. The molecule has 298 valence electrons. The SMILES string of the molecule is C.COC(=O)CCSc1cc(N)ncc1C(F)(F)F.N=N/N=N/N=N/N=N/N=N/N.Nc1cc(Br)c(C(F)(F)F)cn1.Nc1cc([S-])c(C(F)(F)F)cn1.[Na+]. The molecule has 0 aliphatic rings. The summed E-state index contributed by atoms with van der Waals surface area (Å²) in [5, 5.41) is 25.4. The fourth-order valence-electron chi connectivity index (χ4n) is 2.58. The topological polar surface area (TPSA) is 304 Å². The molecule has 0 aliphatic carbocycles. The average Bonchev–Trinajstić information content (AvgIpc) is 3.03. The number of hydrogen-bond donors (Lipinski definition) is 5. The van der Waals surface area contributed by atoms with Crippen molar-refractivity contribution >= 4 is 63.7 Å². The van der Waals surface area contributed by atoms with E-state index in [1.807, 2.05) is 0 Å². The number of nitrogens with zero attached hydrogens (tertiary/aromatic N) is 12. The van der Waals surface area contributed by atoms with Crippen LogP contribution in [0.3, 0.4) is 0 Å². The number of ether oxygens (including phenoxy) is 1. The standard InChI is InChI=1S/C10H11F3N2O2S.C6H4BrF3N2.C6H5F3N2S.CH4.H3N11.Na/c1-17-9(16)2-3-18-7-4-8(14)15-5-6(7)10(11,12)13;7-4-1-5(11)12-2-3(4)6(8,9)10;7-6(8,9)3-2-11-5(10)1-4(3)12;;1-3-5-7-9-11-10-8-6-4-2;/h4-5H,2-3H2,1H3,(H2,14,15);1-2H,(H2,11,12);1-2H,(H3,10,11,12);1H4;(H3,1,2,5,6,9,10);/q;;;;;+1/p-1. The molecule has 0 spiro atoms. The maximum Gasteiger partial charge on any atom is 1.00 e. The first-order chi connectivity index (χ1) is 24.6. The monoisotopic (exact) mass is 909 g/mol. The number of nitrogens with one attached hydrogen (secondary N) is 1. The summed E-state index contributed by atoms with van der Waals surface area (Å²) in [6, 6.07) is 3.27. The van der Waals surface area contributed by atoms with Gasteiger partial charge in [-0.05, 0) is 75.9 Å². The number of methoxy groups -OCH3 is 1. The first-order valence-corrected chi connectivity index (χ1v) is 14.9. The molecule has 9 N–H and O–H groups in total. The van der Waals surface area contributed by atoms with E-state index in [4.69, 9.17) is 22.7 Å². The molecular weight excluding hydrogens is 884 g/mol. The molecule has 0 aromatic carbocycles. The van der Waals surface area contributed by atoms with Gasteiger partial charge in [0.1, 0.15) is 17.5 Å². The van der Waals surface area contributed by atoms with Gasteiger partial charge in [0.25, 0.3) is 0 Å². The zero-order chi connectivity index (χ0) is 40.8. The minimum atomic E-state index is -4.49. The number of anilines is 3. The zero-order valence-electron chi connectivity index (χ0n) is 27.0. The van der Waals surface area contributed by atoms with E-state index in [9.17, 15) is 44.3 Å². The van der Waals surface area contributed by atoms with Gasteiger partial charge >= 0.3 is 54.1 Å². The van der Waals surface area contributed by atoms with Crippen LogP contribution in [0.25, 0.3) is 0 Å². The zero-order valence-corrected chi connectivity index (χ0v) is 32.2. The summed E-state index contributed by atoms with van der Waals surface area (Å²) >= 11 is 8.08. The summed E-state index contributed by atoms with van der Waals surface area (Å²) in [5.74, 6) is 4.29. The number of thioether (sulfide) groups is 1. The first kappa shape index (κ1) is 54.9. The molecule has 3 aromatic rings. The van der Waals surface area contributed by atoms with Crippen molar-refractivity contribution < 1.29 is 78.6 Å². The number of halogens is 10. The second-order valence-corrected chi connectivity index (χ2v) is 10.7. The Balaban J connectivity index is -0.000000661. The van der Waals surface area contributed by atoms with Crippen LogP contribution < -0.4 is 52.6 Å². The molecule has 32 heteroatoms. The maximum atomic E-state index is 12.6. The van der Waals surface area contributed by atoms with E-state index < -0.39 is 41.2 Å². The molecule has 0 aliphatic heterocycles. The number of hydrogen-bond acceptors (Lipinski definition) is 12. The van der Waals surface area contributed by atoms with Crippen molar-refractivity contribution in [3.05, 3.63) is 58.0 Å². The van der Waals surface area contributed by atoms with Crippen molar-refractivity contribution in [1.29, 1.82) is 5.53 Å². The molecule has 19 nitrogen and oxygen atoms in total. The number of nitrogen functional groups attached to an aromatic ring is 3. The maximum absolute atomic E-state index is 12.6. The van der Waals surface area contributed by atoms with Gasteiger partial charge in [-0.3, -0.25) is 4.79 Å². The van der Waals surface area contributed by atoms with Gasteiger partial charge in [-0.15, -0.1) is 11.8 Å². The number of esters is 1. The molecule has 0 unspecified atom stereocenters. The van der Waals surface area contributed by atoms with Gasteiger partial charge in [-0.25, -0.2) is 15.0 Å². The normalized spacial score (nSPS) is 11.3.